The summed E-state index contributed by atoms with van der Waals surface area (Å²) in [6.45, 7) is 2.30. The molecule has 2 aromatic rings. The second kappa shape index (κ2) is 6.30. The number of fused-ring (bicyclic) bond motifs is 1. The number of carbonyl (C=O) groups excluding carboxylic acids is 2. The van der Waals surface area contributed by atoms with Crippen molar-refractivity contribution in [3.8, 4) is 5.75 Å². The summed E-state index contributed by atoms with van der Waals surface area (Å²) >= 11 is 6.18. The van der Waals surface area contributed by atoms with Crippen molar-refractivity contribution in [2.45, 2.75) is 25.6 Å². The average Bonchev–Trinajstić information content (AvgIpc) is 2.86. The van der Waals surface area contributed by atoms with Gasteiger partial charge in [-0.05, 0) is 24.6 Å². The molecule has 0 aliphatic carbocycles. The van der Waals surface area contributed by atoms with Crippen LogP contribution in [0, 0.1) is 0 Å². The van der Waals surface area contributed by atoms with Gasteiger partial charge >= 0.3 is 6.03 Å². The Bertz CT molecular complexity index is 887. The zero-order valence-corrected chi connectivity index (χ0v) is 14.9. The van der Waals surface area contributed by atoms with Crippen molar-refractivity contribution in [3.05, 3.63) is 64.2 Å². The van der Waals surface area contributed by atoms with E-state index in [1.807, 2.05) is 30.3 Å². The number of hydrogen-bond acceptors (Lipinski definition) is 4. The molecule has 2 aromatic carbocycles. The van der Waals surface area contributed by atoms with Crippen LogP contribution in [0.15, 0.2) is 42.5 Å². The Kier molecular flexibility index (Phi) is 4.09. The smallest absolute Gasteiger partial charge is 0.325 e. The van der Waals surface area contributed by atoms with Crippen molar-refractivity contribution >= 4 is 23.5 Å². The molecule has 6 nitrogen and oxygen atoms in total. The Morgan fingerprint density at radius 3 is 2.77 bits per heavy atom. The number of nitrogens with zero attached hydrogens (tertiary/aromatic N) is 1. The van der Waals surface area contributed by atoms with Crippen LogP contribution in [-0.4, -0.2) is 23.6 Å². The number of hydrogen-bond donors (Lipinski definition) is 1. The summed E-state index contributed by atoms with van der Waals surface area (Å²) in [7, 11) is 0. The third-order valence-electron chi connectivity index (χ3n) is 4.71. The first-order chi connectivity index (χ1) is 12.5. The minimum absolute atomic E-state index is 0.0793. The predicted molar refractivity (Wildman–Crippen MR) is 94.6 cm³/mol. The number of benzene rings is 2. The standard InChI is InChI=1S/C19H17ClN2O4/c1-19(14-5-3-2-4-6-14)17(23)22(18(24)21-19)9-12-7-15(20)8-13-10-25-11-26-16(12)13/h2-8H,9-11H2,1H3,(H,21,24). The highest BCUT2D eigenvalue weighted by molar-refractivity contribution is 6.30. The van der Waals surface area contributed by atoms with Gasteiger partial charge in [0.15, 0.2) is 6.79 Å². The summed E-state index contributed by atoms with van der Waals surface area (Å²) < 4.78 is 10.8. The minimum atomic E-state index is -1.10. The van der Waals surface area contributed by atoms with Gasteiger partial charge in [0.25, 0.3) is 5.91 Å². The molecule has 4 rings (SSSR count). The first-order valence-corrected chi connectivity index (χ1v) is 8.58. The number of carbonyl (C=O) groups is 2. The summed E-state index contributed by atoms with van der Waals surface area (Å²) in [4.78, 5) is 26.8. The van der Waals surface area contributed by atoms with Crippen molar-refractivity contribution in [2.75, 3.05) is 6.79 Å². The fourth-order valence-corrected chi connectivity index (χ4v) is 3.62. The number of imide groups is 1. The van der Waals surface area contributed by atoms with Gasteiger partial charge in [0.2, 0.25) is 0 Å². The van der Waals surface area contributed by atoms with Gasteiger partial charge in [0.05, 0.1) is 13.2 Å². The van der Waals surface area contributed by atoms with E-state index in [1.165, 1.54) is 4.90 Å². The highest BCUT2D eigenvalue weighted by Gasteiger charge is 2.49. The molecule has 0 spiro atoms. The molecule has 3 amide bonds. The van der Waals surface area contributed by atoms with Crippen LogP contribution < -0.4 is 10.1 Å². The lowest BCUT2D eigenvalue weighted by atomic mass is 9.92. The van der Waals surface area contributed by atoms with Gasteiger partial charge < -0.3 is 14.8 Å². The second-order valence-corrected chi connectivity index (χ2v) is 6.91. The average molecular weight is 373 g/mol. The van der Waals surface area contributed by atoms with E-state index in [0.717, 1.165) is 11.1 Å². The lowest BCUT2D eigenvalue weighted by Gasteiger charge is -2.24. The van der Waals surface area contributed by atoms with Crippen molar-refractivity contribution in [1.82, 2.24) is 10.2 Å². The summed E-state index contributed by atoms with van der Waals surface area (Å²) in [6, 6.07) is 12.2. The molecule has 0 aromatic heterocycles. The molecular formula is C19H17ClN2O4. The number of amides is 3. The summed E-state index contributed by atoms with van der Waals surface area (Å²) in [5.41, 5.74) is 1.12. The van der Waals surface area contributed by atoms with Crippen LogP contribution in [-0.2, 0) is 28.2 Å². The third kappa shape index (κ3) is 2.71. The molecule has 2 aliphatic heterocycles. The monoisotopic (exact) mass is 372 g/mol. The quantitative estimate of drug-likeness (QED) is 0.840. The number of rotatable bonds is 3. The largest absolute Gasteiger partial charge is 0.467 e. The Morgan fingerprint density at radius 2 is 2.00 bits per heavy atom. The fraction of sp³-hybridized carbons (Fsp3) is 0.263. The second-order valence-electron chi connectivity index (χ2n) is 6.48. The van der Waals surface area contributed by atoms with E-state index in [1.54, 1.807) is 19.1 Å². The van der Waals surface area contributed by atoms with E-state index >= 15 is 0 Å². The minimum Gasteiger partial charge on any atom is -0.467 e. The van der Waals surface area contributed by atoms with E-state index < -0.39 is 11.6 Å². The molecular weight excluding hydrogens is 356 g/mol. The van der Waals surface area contributed by atoms with Gasteiger partial charge in [-0.2, -0.15) is 0 Å². The number of urea groups is 1. The van der Waals surface area contributed by atoms with E-state index in [-0.39, 0.29) is 19.2 Å². The molecule has 134 valence electrons. The summed E-state index contributed by atoms with van der Waals surface area (Å²) in [5, 5.41) is 3.31. The molecule has 1 unspecified atom stereocenters. The van der Waals surface area contributed by atoms with Crippen LogP contribution in [0.4, 0.5) is 4.79 Å². The van der Waals surface area contributed by atoms with Crippen LogP contribution in [0.2, 0.25) is 5.02 Å². The molecule has 1 N–H and O–H groups in total. The van der Waals surface area contributed by atoms with Gasteiger partial charge in [-0.1, -0.05) is 41.9 Å². The maximum Gasteiger partial charge on any atom is 0.325 e. The molecule has 0 bridgehead atoms. The lowest BCUT2D eigenvalue weighted by molar-refractivity contribution is -0.131. The molecule has 7 heteroatoms. The Hall–Kier alpha value is -2.57. The highest BCUT2D eigenvalue weighted by atomic mass is 35.5. The first-order valence-electron chi connectivity index (χ1n) is 8.20. The zero-order valence-electron chi connectivity index (χ0n) is 14.1. The van der Waals surface area contributed by atoms with Crippen LogP contribution >= 0.6 is 11.6 Å². The zero-order chi connectivity index (χ0) is 18.3. The molecule has 1 atom stereocenters. The third-order valence-corrected chi connectivity index (χ3v) is 4.92. The van der Waals surface area contributed by atoms with Gasteiger partial charge in [-0.15, -0.1) is 0 Å². The van der Waals surface area contributed by atoms with E-state index in [4.69, 9.17) is 21.1 Å². The van der Waals surface area contributed by atoms with Crippen molar-refractivity contribution < 1.29 is 19.1 Å². The molecule has 2 aliphatic rings. The van der Waals surface area contributed by atoms with Gasteiger partial charge in [-0.3, -0.25) is 9.69 Å². The molecule has 1 saturated heterocycles. The molecule has 0 saturated carbocycles. The summed E-state index contributed by atoms with van der Waals surface area (Å²) in [5.74, 6) is 0.309. The Morgan fingerprint density at radius 1 is 1.23 bits per heavy atom. The van der Waals surface area contributed by atoms with Crippen molar-refractivity contribution in [2.24, 2.45) is 0 Å². The van der Waals surface area contributed by atoms with Gasteiger partial charge in [-0.25, -0.2) is 4.79 Å². The maximum atomic E-state index is 13.0. The number of halogens is 1. The summed E-state index contributed by atoms with van der Waals surface area (Å²) in [6.07, 6.45) is 0. The number of nitrogens with one attached hydrogen (secondary N) is 1. The Labute approximate surface area is 155 Å². The van der Waals surface area contributed by atoms with E-state index in [0.29, 0.717) is 22.9 Å². The van der Waals surface area contributed by atoms with Crippen LogP contribution in [0.25, 0.3) is 0 Å². The number of ether oxygens (including phenoxy) is 2. The van der Waals surface area contributed by atoms with Crippen LogP contribution in [0.5, 0.6) is 5.75 Å². The van der Waals surface area contributed by atoms with E-state index in [2.05, 4.69) is 5.32 Å². The van der Waals surface area contributed by atoms with Gasteiger partial charge in [0, 0.05) is 16.1 Å². The highest BCUT2D eigenvalue weighted by Crippen LogP contribution is 2.35. The predicted octanol–water partition coefficient (Wildman–Crippen LogP) is 3.17. The molecule has 26 heavy (non-hydrogen) atoms. The maximum absolute atomic E-state index is 13.0. The van der Waals surface area contributed by atoms with Crippen molar-refractivity contribution in [1.29, 1.82) is 0 Å². The van der Waals surface area contributed by atoms with E-state index in [9.17, 15) is 9.59 Å². The van der Waals surface area contributed by atoms with Crippen molar-refractivity contribution in [3.63, 3.8) is 0 Å². The molecule has 2 heterocycles. The SMILES string of the molecule is CC1(c2ccccc2)NC(=O)N(Cc2cc(Cl)cc3c2OCOC3)C1=O. The molecule has 1 fully saturated rings. The topological polar surface area (TPSA) is 67.9 Å². The normalized spacial score (nSPS) is 22.0. The van der Waals surface area contributed by atoms with Crippen LogP contribution in [0.3, 0.4) is 0 Å². The van der Waals surface area contributed by atoms with Crippen LogP contribution in [0.1, 0.15) is 23.6 Å². The van der Waals surface area contributed by atoms with Gasteiger partial charge in [0.1, 0.15) is 11.3 Å². The molecule has 0 radical (unpaired) electrons. The fourth-order valence-electron chi connectivity index (χ4n) is 3.35. The lowest BCUT2D eigenvalue weighted by Crippen LogP contribution is -2.40. The first kappa shape index (κ1) is 16.9. The Balaban J connectivity index is 1.67.